The zero-order valence-corrected chi connectivity index (χ0v) is 11.5. The van der Waals surface area contributed by atoms with E-state index < -0.39 is 57.9 Å². The molecule has 0 fully saturated rings. The molecule has 2 rings (SSSR count). The van der Waals surface area contributed by atoms with Gasteiger partial charge in [0, 0.05) is 0 Å². The van der Waals surface area contributed by atoms with Gasteiger partial charge in [-0.25, -0.2) is 27.5 Å². The molecule has 0 spiro atoms. The minimum absolute atomic E-state index is 0.407. The van der Waals surface area contributed by atoms with Gasteiger partial charge in [-0.05, 0) is 0 Å². The van der Waals surface area contributed by atoms with Crippen molar-refractivity contribution >= 4 is 11.5 Å². The minimum atomic E-state index is -5.05. The summed E-state index contributed by atoms with van der Waals surface area (Å²) in [6.45, 7) is 0. The molecular formula is C13H2F7N5. The number of halogens is 7. The molecule has 1 N–H and O–H groups in total. The zero-order chi connectivity index (χ0) is 18.9. The summed E-state index contributed by atoms with van der Waals surface area (Å²) >= 11 is 0. The first-order chi connectivity index (χ1) is 11.6. The van der Waals surface area contributed by atoms with Gasteiger partial charge >= 0.3 is 6.18 Å². The van der Waals surface area contributed by atoms with Crippen LogP contribution in [0.15, 0.2) is 6.20 Å². The molecule has 0 aliphatic carbocycles. The molecule has 5 nitrogen and oxygen atoms in total. The Bertz CT molecular complexity index is 911. The number of nitrogens with one attached hydrogen (secondary N) is 1. The average Bonchev–Trinajstić information content (AvgIpc) is 2.56. The highest BCUT2D eigenvalue weighted by Crippen LogP contribution is 2.32. The van der Waals surface area contributed by atoms with Gasteiger partial charge in [-0.2, -0.15) is 23.7 Å². The molecule has 1 heterocycles. The Morgan fingerprint density at radius 3 is 1.92 bits per heavy atom. The molecule has 1 aromatic heterocycles. The topological polar surface area (TPSA) is 85.4 Å². The Hall–Kier alpha value is -3.41. The van der Waals surface area contributed by atoms with Crippen molar-refractivity contribution in [1.82, 2.24) is 9.97 Å². The quantitative estimate of drug-likeness (QED) is 0.653. The van der Waals surface area contributed by atoms with E-state index in [1.807, 2.05) is 0 Å². The third-order valence-electron chi connectivity index (χ3n) is 2.78. The summed E-state index contributed by atoms with van der Waals surface area (Å²) < 4.78 is 92.4. The Morgan fingerprint density at radius 1 is 0.920 bits per heavy atom. The van der Waals surface area contributed by atoms with Crippen LogP contribution in [0, 0.1) is 45.9 Å². The molecular weight excluding hydrogens is 359 g/mol. The van der Waals surface area contributed by atoms with Crippen molar-refractivity contribution in [3.05, 3.63) is 46.4 Å². The summed E-state index contributed by atoms with van der Waals surface area (Å²) in [6, 6.07) is 2.25. The lowest BCUT2D eigenvalue weighted by Crippen LogP contribution is -2.14. The Balaban J connectivity index is 2.66. The number of benzene rings is 1. The average molecular weight is 361 g/mol. The van der Waals surface area contributed by atoms with Gasteiger partial charge in [-0.3, -0.25) is 0 Å². The highest BCUT2D eigenvalue weighted by Gasteiger charge is 2.35. The van der Waals surface area contributed by atoms with Crippen LogP contribution in [0.5, 0.6) is 0 Å². The van der Waals surface area contributed by atoms with Gasteiger partial charge in [0.15, 0.2) is 29.1 Å². The Labute approximate surface area is 134 Å². The molecule has 0 unspecified atom stereocenters. The molecule has 1 aromatic carbocycles. The van der Waals surface area contributed by atoms with Crippen molar-refractivity contribution in [2.75, 3.05) is 5.32 Å². The fourth-order valence-electron chi connectivity index (χ4n) is 1.65. The highest BCUT2D eigenvalue weighted by molar-refractivity contribution is 5.64. The van der Waals surface area contributed by atoms with Crippen LogP contribution >= 0.6 is 0 Å². The summed E-state index contributed by atoms with van der Waals surface area (Å²) in [5, 5.41) is 18.8. The molecule has 12 heteroatoms. The largest absolute Gasteiger partial charge is 0.451 e. The summed E-state index contributed by atoms with van der Waals surface area (Å²) in [7, 11) is 0. The first-order valence-electron chi connectivity index (χ1n) is 5.99. The Kier molecular flexibility index (Phi) is 4.48. The van der Waals surface area contributed by atoms with Crippen molar-refractivity contribution in [2.45, 2.75) is 6.18 Å². The molecule has 0 aliphatic heterocycles. The maximum Gasteiger partial charge on any atom is 0.451 e. The van der Waals surface area contributed by atoms with E-state index in [9.17, 15) is 30.7 Å². The minimum Gasteiger partial charge on any atom is -0.334 e. The van der Waals surface area contributed by atoms with E-state index in [0.29, 0.717) is 6.20 Å². The normalized spacial score (nSPS) is 10.9. The molecule has 128 valence electrons. The molecule has 25 heavy (non-hydrogen) atoms. The van der Waals surface area contributed by atoms with Crippen LogP contribution in [-0.2, 0) is 6.18 Å². The number of hydrogen-bond donors (Lipinski definition) is 1. The van der Waals surface area contributed by atoms with E-state index in [4.69, 9.17) is 10.5 Å². The molecule has 0 saturated heterocycles. The second kappa shape index (κ2) is 6.24. The molecule has 0 amide bonds. The highest BCUT2D eigenvalue weighted by atomic mass is 19.4. The summed E-state index contributed by atoms with van der Waals surface area (Å²) in [6.07, 6.45) is -4.65. The van der Waals surface area contributed by atoms with Crippen molar-refractivity contribution < 1.29 is 30.7 Å². The molecule has 0 saturated carbocycles. The van der Waals surface area contributed by atoms with Crippen LogP contribution < -0.4 is 5.32 Å². The van der Waals surface area contributed by atoms with Crippen LogP contribution in [0.3, 0.4) is 0 Å². The lowest BCUT2D eigenvalue weighted by Gasteiger charge is -2.13. The summed E-state index contributed by atoms with van der Waals surface area (Å²) in [5.74, 6) is -11.1. The summed E-state index contributed by atoms with van der Waals surface area (Å²) in [4.78, 5) is 5.73. The second-order valence-electron chi connectivity index (χ2n) is 4.31. The molecule has 0 radical (unpaired) electrons. The van der Waals surface area contributed by atoms with E-state index in [-0.39, 0.29) is 0 Å². The van der Waals surface area contributed by atoms with Crippen molar-refractivity contribution in [2.24, 2.45) is 0 Å². The first-order valence-corrected chi connectivity index (χ1v) is 5.99. The maximum absolute atomic E-state index is 13.8. The monoisotopic (exact) mass is 361 g/mol. The van der Waals surface area contributed by atoms with E-state index >= 15 is 0 Å². The van der Waals surface area contributed by atoms with Crippen LogP contribution in [0.2, 0.25) is 0 Å². The predicted octanol–water partition coefficient (Wildman–Crippen LogP) is 3.54. The lowest BCUT2D eigenvalue weighted by molar-refractivity contribution is -0.144. The number of rotatable bonds is 2. The number of alkyl halides is 3. The SMILES string of the molecule is N#Cc1cnc(C(F)(F)F)nc1Nc1c(F)c(F)c(C#N)c(F)c1F. The standard InChI is InChI=1S/C13H2F7N5/c14-6-5(2-22)7(15)9(17)10(8(6)16)24-11-4(1-21)3-23-12(25-11)13(18,19)20/h3H,(H,23,24,25). The number of hydrogen-bond acceptors (Lipinski definition) is 5. The van der Waals surface area contributed by atoms with Gasteiger partial charge in [-0.1, -0.05) is 0 Å². The first kappa shape index (κ1) is 17.9. The lowest BCUT2D eigenvalue weighted by atomic mass is 10.1. The van der Waals surface area contributed by atoms with Gasteiger partial charge in [-0.15, -0.1) is 0 Å². The van der Waals surface area contributed by atoms with Gasteiger partial charge in [0.05, 0.1) is 6.20 Å². The van der Waals surface area contributed by atoms with Gasteiger partial charge < -0.3 is 5.32 Å². The van der Waals surface area contributed by atoms with E-state index in [1.54, 1.807) is 5.32 Å². The van der Waals surface area contributed by atoms with Crippen molar-refractivity contribution in [3.8, 4) is 12.1 Å². The number of nitriles is 2. The van der Waals surface area contributed by atoms with Crippen LogP contribution in [0.4, 0.5) is 42.2 Å². The van der Waals surface area contributed by atoms with Gasteiger partial charge in [0.25, 0.3) is 0 Å². The number of nitrogens with zero attached hydrogens (tertiary/aromatic N) is 4. The second-order valence-corrected chi connectivity index (χ2v) is 4.31. The maximum atomic E-state index is 13.8. The van der Waals surface area contributed by atoms with Gasteiger partial charge in [0.2, 0.25) is 5.82 Å². The van der Waals surface area contributed by atoms with Gasteiger partial charge in [0.1, 0.15) is 29.0 Å². The predicted molar refractivity (Wildman–Crippen MR) is 66.0 cm³/mol. The Morgan fingerprint density at radius 2 is 1.48 bits per heavy atom. The number of anilines is 2. The van der Waals surface area contributed by atoms with Crippen LogP contribution in [-0.4, -0.2) is 9.97 Å². The van der Waals surface area contributed by atoms with E-state index in [2.05, 4.69) is 9.97 Å². The zero-order valence-electron chi connectivity index (χ0n) is 11.5. The fourth-order valence-corrected chi connectivity index (χ4v) is 1.65. The van der Waals surface area contributed by atoms with E-state index in [1.165, 1.54) is 6.07 Å². The smallest absolute Gasteiger partial charge is 0.334 e. The van der Waals surface area contributed by atoms with Crippen molar-refractivity contribution in [1.29, 1.82) is 10.5 Å². The molecule has 0 bridgehead atoms. The summed E-state index contributed by atoms with van der Waals surface area (Å²) in [5.41, 5.74) is -3.80. The van der Waals surface area contributed by atoms with Crippen LogP contribution in [0.25, 0.3) is 0 Å². The van der Waals surface area contributed by atoms with Crippen molar-refractivity contribution in [3.63, 3.8) is 0 Å². The van der Waals surface area contributed by atoms with E-state index in [0.717, 1.165) is 6.07 Å². The molecule has 0 atom stereocenters. The van der Waals surface area contributed by atoms with Crippen LogP contribution in [0.1, 0.15) is 17.0 Å². The third kappa shape index (κ3) is 3.14. The third-order valence-corrected chi connectivity index (χ3v) is 2.78. The fraction of sp³-hybridized carbons (Fsp3) is 0.0769. The number of aromatic nitrogens is 2. The molecule has 0 aliphatic rings. The molecule has 2 aromatic rings.